The van der Waals surface area contributed by atoms with Crippen LogP contribution in [0.3, 0.4) is 0 Å². The number of carbonyl (C=O) groups is 1. The molecular weight excluding hydrogens is 197 g/mol. The van der Waals surface area contributed by atoms with Crippen LogP contribution >= 0.6 is 0 Å². The zero-order valence-corrected chi connectivity index (χ0v) is 8.23. The first-order chi connectivity index (χ1) is 7.29. The summed E-state index contributed by atoms with van der Waals surface area (Å²) in [5, 5.41) is 0. The first-order valence-corrected chi connectivity index (χ1v) is 4.86. The number of hydrogen-bond acceptors (Lipinski definition) is 2. The Balaban J connectivity index is 2.09. The lowest BCUT2D eigenvalue weighted by Crippen LogP contribution is -2.37. The van der Waals surface area contributed by atoms with Crippen LogP contribution in [0.25, 0.3) is 0 Å². The SMILES string of the molecule is O=CN1CCOC(c2ccc(F)cc2)C1. The zero-order chi connectivity index (χ0) is 10.7. The number of rotatable bonds is 2. The molecule has 1 fully saturated rings. The molecule has 1 aromatic rings. The summed E-state index contributed by atoms with van der Waals surface area (Å²) in [5.74, 6) is -0.262. The Hall–Kier alpha value is -1.42. The van der Waals surface area contributed by atoms with Crippen molar-refractivity contribution in [2.45, 2.75) is 6.10 Å². The second-order valence-electron chi connectivity index (χ2n) is 3.51. The number of halogens is 1. The van der Waals surface area contributed by atoms with Crippen LogP contribution < -0.4 is 0 Å². The average Bonchev–Trinajstić information content (AvgIpc) is 2.30. The van der Waals surface area contributed by atoms with E-state index in [1.54, 1.807) is 17.0 Å². The third kappa shape index (κ3) is 2.33. The monoisotopic (exact) mass is 209 g/mol. The number of hydrogen-bond donors (Lipinski definition) is 0. The minimum absolute atomic E-state index is 0.135. The molecule has 1 atom stereocenters. The minimum Gasteiger partial charge on any atom is -0.370 e. The van der Waals surface area contributed by atoms with E-state index in [0.29, 0.717) is 19.7 Å². The lowest BCUT2D eigenvalue weighted by molar-refractivity contribution is -0.125. The van der Waals surface area contributed by atoms with Crippen LogP contribution in [0, 0.1) is 5.82 Å². The summed E-state index contributed by atoms with van der Waals surface area (Å²) < 4.78 is 18.2. The molecule has 80 valence electrons. The summed E-state index contributed by atoms with van der Waals surface area (Å²) in [5.41, 5.74) is 0.906. The molecule has 4 heteroatoms. The average molecular weight is 209 g/mol. The molecule has 1 heterocycles. The van der Waals surface area contributed by atoms with E-state index in [1.807, 2.05) is 0 Å². The normalized spacial score (nSPS) is 21.4. The van der Waals surface area contributed by atoms with Gasteiger partial charge >= 0.3 is 0 Å². The second-order valence-corrected chi connectivity index (χ2v) is 3.51. The van der Waals surface area contributed by atoms with Crippen LogP contribution in [0.5, 0.6) is 0 Å². The maximum absolute atomic E-state index is 12.7. The van der Waals surface area contributed by atoms with Crippen LogP contribution in [-0.2, 0) is 9.53 Å². The molecule has 0 bridgehead atoms. The fourth-order valence-electron chi connectivity index (χ4n) is 1.64. The number of benzene rings is 1. The van der Waals surface area contributed by atoms with Gasteiger partial charge in [0.1, 0.15) is 11.9 Å². The van der Waals surface area contributed by atoms with E-state index in [9.17, 15) is 9.18 Å². The van der Waals surface area contributed by atoms with Gasteiger partial charge in [0.05, 0.1) is 13.2 Å². The van der Waals surface area contributed by atoms with E-state index >= 15 is 0 Å². The zero-order valence-electron chi connectivity index (χ0n) is 8.23. The highest BCUT2D eigenvalue weighted by molar-refractivity contribution is 5.47. The third-order valence-corrected chi connectivity index (χ3v) is 2.49. The van der Waals surface area contributed by atoms with Crippen LogP contribution in [0.4, 0.5) is 4.39 Å². The maximum atomic E-state index is 12.7. The van der Waals surface area contributed by atoms with E-state index in [-0.39, 0.29) is 11.9 Å². The van der Waals surface area contributed by atoms with Crippen molar-refractivity contribution in [1.82, 2.24) is 4.90 Å². The Bertz CT molecular complexity index is 339. The van der Waals surface area contributed by atoms with Crippen molar-refractivity contribution in [3.05, 3.63) is 35.6 Å². The Labute approximate surface area is 87.5 Å². The first kappa shape index (κ1) is 10.1. The van der Waals surface area contributed by atoms with Gasteiger partial charge in [-0.2, -0.15) is 0 Å². The molecule has 2 rings (SSSR count). The molecule has 0 saturated carbocycles. The summed E-state index contributed by atoms with van der Waals surface area (Å²) in [6, 6.07) is 6.18. The molecule has 3 nitrogen and oxygen atoms in total. The maximum Gasteiger partial charge on any atom is 0.209 e. The van der Waals surface area contributed by atoms with Gasteiger partial charge < -0.3 is 9.64 Å². The van der Waals surface area contributed by atoms with Crippen molar-refractivity contribution in [3.63, 3.8) is 0 Å². The molecule has 0 aromatic heterocycles. The van der Waals surface area contributed by atoms with E-state index < -0.39 is 0 Å². The van der Waals surface area contributed by atoms with E-state index in [0.717, 1.165) is 12.0 Å². The van der Waals surface area contributed by atoms with Gasteiger partial charge in [-0.1, -0.05) is 12.1 Å². The Morgan fingerprint density at radius 3 is 2.80 bits per heavy atom. The van der Waals surface area contributed by atoms with Crippen molar-refractivity contribution in [3.8, 4) is 0 Å². The van der Waals surface area contributed by atoms with Gasteiger partial charge in [0, 0.05) is 6.54 Å². The summed E-state index contributed by atoms with van der Waals surface area (Å²) in [6.45, 7) is 1.69. The van der Waals surface area contributed by atoms with Gasteiger partial charge in [-0.25, -0.2) is 4.39 Å². The third-order valence-electron chi connectivity index (χ3n) is 2.49. The molecule has 1 aliphatic rings. The molecule has 0 N–H and O–H groups in total. The van der Waals surface area contributed by atoms with Crippen LogP contribution in [0.2, 0.25) is 0 Å². The fourth-order valence-corrected chi connectivity index (χ4v) is 1.64. The summed E-state index contributed by atoms with van der Waals surface area (Å²) in [6.07, 6.45) is 0.684. The van der Waals surface area contributed by atoms with E-state index in [4.69, 9.17) is 4.74 Å². The number of nitrogens with zero attached hydrogens (tertiary/aromatic N) is 1. The summed E-state index contributed by atoms with van der Waals surface area (Å²) in [4.78, 5) is 12.3. The minimum atomic E-state index is -0.262. The number of carbonyl (C=O) groups excluding carboxylic acids is 1. The predicted octanol–water partition coefficient (Wildman–Crippen LogP) is 1.36. The lowest BCUT2D eigenvalue weighted by atomic mass is 10.1. The topological polar surface area (TPSA) is 29.5 Å². The Kier molecular flexibility index (Phi) is 2.97. The number of morpholine rings is 1. The van der Waals surface area contributed by atoms with Crippen molar-refractivity contribution >= 4 is 6.41 Å². The van der Waals surface area contributed by atoms with Gasteiger partial charge in [-0.05, 0) is 17.7 Å². The molecule has 1 saturated heterocycles. The highest BCUT2D eigenvalue weighted by Crippen LogP contribution is 2.21. The van der Waals surface area contributed by atoms with Crippen LogP contribution in [0.15, 0.2) is 24.3 Å². The summed E-state index contributed by atoms with van der Waals surface area (Å²) in [7, 11) is 0. The molecular formula is C11H12FNO2. The molecule has 0 aliphatic carbocycles. The van der Waals surface area contributed by atoms with Crippen molar-refractivity contribution < 1.29 is 13.9 Å². The van der Waals surface area contributed by atoms with Crippen molar-refractivity contribution in [1.29, 1.82) is 0 Å². The lowest BCUT2D eigenvalue weighted by Gasteiger charge is -2.30. The molecule has 1 amide bonds. The smallest absolute Gasteiger partial charge is 0.209 e. The highest BCUT2D eigenvalue weighted by Gasteiger charge is 2.20. The number of ether oxygens (including phenoxy) is 1. The Morgan fingerprint density at radius 1 is 1.40 bits per heavy atom. The van der Waals surface area contributed by atoms with Crippen molar-refractivity contribution in [2.75, 3.05) is 19.7 Å². The van der Waals surface area contributed by atoms with E-state index in [2.05, 4.69) is 0 Å². The quantitative estimate of drug-likeness (QED) is 0.688. The Morgan fingerprint density at radius 2 is 2.13 bits per heavy atom. The van der Waals surface area contributed by atoms with Crippen LogP contribution in [-0.4, -0.2) is 31.0 Å². The molecule has 15 heavy (non-hydrogen) atoms. The number of amides is 1. The molecule has 1 aliphatic heterocycles. The van der Waals surface area contributed by atoms with Crippen molar-refractivity contribution in [2.24, 2.45) is 0 Å². The molecule has 1 aromatic carbocycles. The van der Waals surface area contributed by atoms with Gasteiger partial charge in [0.2, 0.25) is 6.41 Å². The first-order valence-electron chi connectivity index (χ1n) is 4.86. The highest BCUT2D eigenvalue weighted by atomic mass is 19.1. The van der Waals surface area contributed by atoms with E-state index in [1.165, 1.54) is 12.1 Å². The predicted molar refractivity (Wildman–Crippen MR) is 52.7 cm³/mol. The summed E-state index contributed by atoms with van der Waals surface area (Å²) >= 11 is 0. The fraction of sp³-hybridized carbons (Fsp3) is 0.364. The molecule has 0 spiro atoms. The molecule has 0 radical (unpaired) electrons. The van der Waals surface area contributed by atoms with Gasteiger partial charge in [0.25, 0.3) is 0 Å². The molecule has 1 unspecified atom stereocenters. The van der Waals surface area contributed by atoms with Gasteiger partial charge in [0.15, 0.2) is 0 Å². The van der Waals surface area contributed by atoms with Gasteiger partial charge in [-0.15, -0.1) is 0 Å². The van der Waals surface area contributed by atoms with Gasteiger partial charge in [-0.3, -0.25) is 4.79 Å². The van der Waals surface area contributed by atoms with Crippen LogP contribution in [0.1, 0.15) is 11.7 Å². The second kappa shape index (κ2) is 4.40. The standard InChI is InChI=1S/C11H12FNO2/c12-10-3-1-9(2-4-10)11-7-13(8-14)5-6-15-11/h1-4,8,11H,5-7H2. The largest absolute Gasteiger partial charge is 0.370 e.